The highest BCUT2D eigenvalue weighted by Crippen LogP contribution is 2.16. The van der Waals surface area contributed by atoms with E-state index in [2.05, 4.69) is 10.6 Å². The number of amides is 2. The smallest absolute Gasteiger partial charge is 0.251 e. The molecular weight excluding hydrogens is 364 g/mol. The summed E-state index contributed by atoms with van der Waals surface area (Å²) in [5.74, 6) is -1.08. The molecule has 2 aromatic rings. The minimum absolute atomic E-state index is 0.00580. The second-order valence-corrected chi connectivity index (χ2v) is 8.88. The lowest BCUT2D eigenvalue weighted by atomic mass is 10.1. The number of benzene rings is 2. The van der Waals surface area contributed by atoms with E-state index in [1.807, 2.05) is 26.0 Å². The highest BCUT2D eigenvalue weighted by atomic mass is 32.2. The summed E-state index contributed by atoms with van der Waals surface area (Å²) in [5, 5.41) is 5.42. The van der Waals surface area contributed by atoms with Gasteiger partial charge < -0.3 is 10.6 Å². The van der Waals surface area contributed by atoms with Crippen molar-refractivity contribution in [2.75, 3.05) is 17.3 Å². The maximum absolute atomic E-state index is 12.7. The number of sulfone groups is 1. The predicted octanol–water partition coefficient (Wildman–Crippen LogP) is 2.48. The predicted molar refractivity (Wildman–Crippen MR) is 107 cm³/mol. The molecule has 7 heteroatoms. The lowest BCUT2D eigenvalue weighted by Crippen LogP contribution is -2.44. The topological polar surface area (TPSA) is 92.3 Å². The Balaban J connectivity index is 2.17. The van der Waals surface area contributed by atoms with Crippen LogP contribution in [0, 0.1) is 13.8 Å². The fourth-order valence-corrected chi connectivity index (χ4v) is 3.27. The summed E-state index contributed by atoms with van der Waals surface area (Å²) in [7, 11) is -3.27. The van der Waals surface area contributed by atoms with Gasteiger partial charge >= 0.3 is 0 Å². The molecule has 0 aliphatic rings. The van der Waals surface area contributed by atoms with Crippen molar-refractivity contribution in [2.45, 2.75) is 26.3 Å². The summed E-state index contributed by atoms with van der Waals surface area (Å²) >= 11 is 0. The number of nitrogens with one attached hydrogen (secondary N) is 2. The molecule has 2 aromatic carbocycles. The zero-order chi connectivity index (χ0) is 20.0. The van der Waals surface area contributed by atoms with E-state index in [0.29, 0.717) is 11.3 Å². The molecule has 27 heavy (non-hydrogen) atoms. The van der Waals surface area contributed by atoms with Gasteiger partial charge in [0.1, 0.15) is 15.9 Å². The molecule has 0 saturated carbocycles. The van der Waals surface area contributed by atoms with Gasteiger partial charge in [-0.1, -0.05) is 35.9 Å². The van der Waals surface area contributed by atoms with Gasteiger partial charge in [0.15, 0.2) is 0 Å². The normalized spacial score (nSPS) is 12.3. The van der Waals surface area contributed by atoms with Crippen LogP contribution in [0.1, 0.15) is 27.9 Å². The standard InChI is InChI=1S/C20H24N2O4S/c1-14-9-10-17(15(2)13-14)21-20(24)18(11-12-27(3,25)26)22-19(23)16-7-5-4-6-8-16/h4-10,13,18H,11-12H2,1-3H3,(H,21,24)(H,22,23)/t18-/m1/s1. The Bertz CT molecular complexity index is 924. The van der Waals surface area contributed by atoms with Crippen molar-refractivity contribution in [3.63, 3.8) is 0 Å². The van der Waals surface area contributed by atoms with Gasteiger partial charge in [0, 0.05) is 17.5 Å². The molecule has 1 atom stereocenters. The highest BCUT2D eigenvalue weighted by Gasteiger charge is 2.23. The van der Waals surface area contributed by atoms with Crippen LogP contribution in [0.3, 0.4) is 0 Å². The second kappa shape index (κ2) is 8.81. The first-order chi connectivity index (χ1) is 12.7. The van der Waals surface area contributed by atoms with Gasteiger partial charge in [0.2, 0.25) is 5.91 Å². The first kappa shape index (κ1) is 20.6. The summed E-state index contributed by atoms with van der Waals surface area (Å²) in [4.78, 5) is 25.1. The Morgan fingerprint density at radius 3 is 2.30 bits per heavy atom. The summed E-state index contributed by atoms with van der Waals surface area (Å²) in [6, 6.07) is 13.1. The number of carbonyl (C=O) groups is 2. The number of carbonyl (C=O) groups excluding carboxylic acids is 2. The van der Waals surface area contributed by atoms with Gasteiger partial charge in [0.25, 0.3) is 5.91 Å². The highest BCUT2D eigenvalue weighted by molar-refractivity contribution is 7.90. The van der Waals surface area contributed by atoms with Crippen molar-refractivity contribution in [2.24, 2.45) is 0 Å². The van der Waals surface area contributed by atoms with Gasteiger partial charge in [-0.2, -0.15) is 0 Å². The minimum atomic E-state index is -3.27. The van der Waals surface area contributed by atoms with E-state index in [1.54, 1.807) is 36.4 Å². The number of rotatable bonds is 7. The quantitative estimate of drug-likeness (QED) is 0.762. The van der Waals surface area contributed by atoms with E-state index in [-0.39, 0.29) is 12.2 Å². The molecule has 0 aliphatic carbocycles. The number of aryl methyl sites for hydroxylation is 2. The molecule has 2 rings (SSSR count). The lowest BCUT2D eigenvalue weighted by Gasteiger charge is -2.19. The molecule has 0 radical (unpaired) electrons. The van der Waals surface area contributed by atoms with Crippen molar-refractivity contribution >= 4 is 27.3 Å². The third kappa shape index (κ3) is 6.53. The average molecular weight is 388 g/mol. The lowest BCUT2D eigenvalue weighted by molar-refractivity contribution is -0.118. The van der Waals surface area contributed by atoms with Gasteiger partial charge in [-0.05, 0) is 44.0 Å². The molecule has 144 valence electrons. The molecule has 0 aromatic heterocycles. The number of anilines is 1. The van der Waals surface area contributed by atoms with Crippen molar-refractivity contribution < 1.29 is 18.0 Å². The Morgan fingerprint density at radius 1 is 1.04 bits per heavy atom. The summed E-state index contributed by atoms with van der Waals surface area (Å²) in [5.41, 5.74) is 2.99. The summed E-state index contributed by atoms with van der Waals surface area (Å²) in [6.45, 7) is 3.82. The third-order valence-corrected chi connectivity index (χ3v) is 5.05. The Labute approximate surface area is 159 Å². The van der Waals surface area contributed by atoms with Crippen LogP contribution in [0.5, 0.6) is 0 Å². The first-order valence-corrected chi connectivity index (χ1v) is 10.6. The second-order valence-electron chi connectivity index (χ2n) is 6.62. The SMILES string of the molecule is Cc1ccc(NC(=O)[C@@H](CCS(C)(=O)=O)NC(=O)c2ccccc2)c(C)c1. The maximum Gasteiger partial charge on any atom is 0.251 e. The van der Waals surface area contributed by atoms with Crippen molar-refractivity contribution in [3.05, 3.63) is 65.2 Å². The van der Waals surface area contributed by atoms with Crippen LogP contribution in [-0.4, -0.2) is 38.3 Å². The number of hydrogen-bond acceptors (Lipinski definition) is 4. The monoisotopic (exact) mass is 388 g/mol. The van der Waals surface area contributed by atoms with Gasteiger partial charge in [-0.15, -0.1) is 0 Å². The van der Waals surface area contributed by atoms with Crippen molar-refractivity contribution in [1.82, 2.24) is 5.32 Å². The van der Waals surface area contributed by atoms with Gasteiger partial charge in [-0.3, -0.25) is 9.59 Å². The van der Waals surface area contributed by atoms with E-state index in [4.69, 9.17) is 0 Å². The molecule has 2 amide bonds. The fraction of sp³-hybridized carbons (Fsp3) is 0.300. The third-order valence-electron chi connectivity index (χ3n) is 4.07. The number of hydrogen-bond donors (Lipinski definition) is 2. The Hall–Kier alpha value is -2.67. The summed E-state index contributed by atoms with van der Waals surface area (Å²) < 4.78 is 23.0. The van der Waals surface area contributed by atoms with Crippen LogP contribution >= 0.6 is 0 Å². The van der Waals surface area contributed by atoms with Crippen LogP contribution in [0.4, 0.5) is 5.69 Å². The molecule has 0 bridgehead atoms. The Kier molecular flexibility index (Phi) is 6.74. The molecule has 0 fully saturated rings. The molecule has 0 spiro atoms. The summed E-state index contributed by atoms with van der Waals surface area (Å²) in [6.07, 6.45) is 1.10. The fourth-order valence-electron chi connectivity index (χ4n) is 2.61. The van der Waals surface area contributed by atoms with E-state index < -0.39 is 27.7 Å². The van der Waals surface area contributed by atoms with Crippen LogP contribution in [0.2, 0.25) is 0 Å². The van der Waals surface area contributed by atoms with E-state index in [0.717, 1.165) is 17.4 Å². The van der Waals surface area contributed by atoms with Crippen LogP contribution in [0.25, 0.3) is 0 Å². The van der Waals surface area contributed by atoms with Crippen molar-refractivity contribution in [1.29, 1.82) is 0 Å². The molecule has 0 aliphatic heterocycles. The molecule has 0 saturated heterocycles. The van der Waals surface area contributed by atoms with E-state index in [1.165, 1.54) is 0 Å². The zero-order valence-corrected chi connectivity index (χ0v) is 16.5. The molecule has 2 N–H and O–H groups in total. The largest absolute Gasteiger partial charge is 0.340 e. The van der Waals surface area contributed by atoms with Crippen LogP contribution < -0.4 is 10.6 Å². The van der Waals surface area contributed by atoms with Crippen LogP contribution in [-0.2, 0) is 14.6 Å². The van der Waals surface area contributed by atoms with E-state index >= 15 is 0 Å². The molecular formula is C20H24N2O4S. The van der Waals surface area contributed by atoms with Gasteiger partial charge in [0.05, 0.1) is 5.75 Å². The van der Waals surface area contributed by atoms with Crippen molar-refractivity contribution in [3.8, 4) is 0 Å². The maximum atomic E-state index is 12.7. The Morgan fingerprint density at radius 2 is 1.70 bits per heavy atom. The van der Waals surface area contributed by atoms with Gasteiger partial charge in [-0.25, -0.2) is 8.42 Å². The van der Waals surface area contributed by atoms with E-state index in [9.17, 15) is 18.0 Å². The molecule has 0 unspecified atom stereocenters. The molecule has 6 nitrogen and oxygen atoms in total. The molecule has 0 heterocycles. The minimum Gasteiger partial charge on any atom is -0.340 e. The van der Waals surface area contributed by atoms with Crippen LogP contribution in [0.15, 0.2) is 48.5 Å². The zero-order valence-electron chi connectivity index (χ0n) is 15.7. The first-order valence-electron chi connectivity index (χ1n) is 8.57. The average Bonchev–Trinajstić information content (AvgIpc) is 2.60.